The summed E-state index contributed by atoms with van der Waals surface area (Å²) < 4.78 is 15.2. The molecule has 0 amide bonds. The van der Waals surface area contributed by atoms with Crippen LogP contribution in [0.4, 0.5) is 0 Å². The third-order valence-electron chi connectivity index (χ3n) is 2.50. The Bertz CT molecular complexity index is 756. The maximum absolute atomic E-state index is 12.1. The zero-order valence-corrected chi connectivity index (χ0v) is 11.2. The molecule has 0 saturated carbocycles. The number of benzene rings is 1. The predicted molar refractivity (Wildman–Crippen MR) is 69.8 cm³/mol. The van der Waals surface area contributed by atoms with E-state index in [2.05, 4.69) is 0 Å². The molecule has 2 rings (SSSR count). The molecule has 1 aromatic heterocycles. The van der Waals surface area contributed by atoms with Crippen LogP contribution in [0.25, 0.3) is 11.0 Å². The SMILES string of the molecule is CC(=O)Oc1cc(OC(C)=O)c2c(=O)c(C)coc2c1. The molecular weight excluding hydrogens is 264 g/mol. The molecule has 0 atom stereocenters. The van der Waals surface area contributed by atoms with Crippen molar-refractivity contribution < 1.29 is 23.5 Å². The Morgan fingerprint density at radius 2 is 1.75 bits per heavy atom. The minimum absolute atomic E-state index is 0.00343. The van der Waals surface area contributed by atoms with Gasteiger partial charge in [-0.1, -0.05) is 0 Å². The molecule has 6 heteroatoms. The van der Waals surface area contributed by atoms with E-state index in [1.54, 1.807) is 6.92 Å². The summed E-state index contributed by atoms with van der Waals surface area (Å²) in [7, 11) is 0. The lowest BCUT2D eigenvalue weighted by molar-refractivity contribution is -0.132. The molecule has 0 N–H and O–H groups in total. The number of aryl methyl sites for hydroxylation is 1. The number of carbonyl (C=O) groups excluding carboxylic acids is 2. The highest BCUT2D eigenvalue weighted by molar-refractivity contribution is 5.88. The minimum Gasteiger partial charge on any atom is -0.464 e. The lowest BCUT2D eigenvalue weighted by Gasteiger charge is -2.08. The van der Waals surface area contributed by atoms with E-state index in [4.69, 9.17) is 13.9 Å². The van der Waals surface area contributed by atoms with Crippen LogP contribution in [0.2, 0.25) is 0 Å². The molecule has 0 spiro atoms. The van der Waals surface area contributed by atoms with Crippen LogP contribution in [0.1, 0.15) is 19.4 Å². The average molecular weight is 276 g/mol. The van der Waals surface area contributed by atoms with Crippen LogP contribution in [-0.4, -0.2) is 11.9 Å². The third kappa shape index (κ3) is 2.69. The summed E-state index contributed by atoms with van der Waals surface area (Å²) in [6.45, 7) is 4.03. The largest absolute Gasteiger partial charge is 0.464 e. The fraction of sp³-hybridized carbons (Fsp3) is 0.214. The van der Waals surface area contributed by atoms with E-state index in [1.165, 1.54) is 32.2 Å². The molecule has 104 valence electrons. The van der Waals surface area contributed by atoms with Crippen molar-refractivity contribution in [2.45, 2.75) is 20.8 Å². The van der Waals surface area contributed by atoms with Gasteiger partial charge in [-0.2, -0.15) is 0 Å². The monoisotopic (exact) mass is 276 g/mol. The Balaban J connectivity index is 2.74. The molecule has 0 aliphatic heterocycles. The average Bonchev–Trinajstić information content (AvgIpc) is 2.32. The zero-order chi connectivity index (χ0) is 14.9. The van der Waals surface area contributed by atoms with Crippen LogP contribution in [-0.2, 0) is 9.59 Å². The van der Waals surface area contributed by atoms with Crippen LogP contribution in [0.5, 0.6) is 11.5 Å². The number of carbonyl (C=O) groups is 2. The van der Waals surface area contributed by atoms with Gasteiger partial charge in [-0.15, -0.1) is 0 Å². The van der Waals surface area contributed by atoms with Gasteiger partial charge in [-0.25, -0.2) is 0 Å². The summed E-state index contributed by atoms with van der Waals surface area (Å²) in [5.74, 6) is -0.989. The van der Waals surface area contributed by atoms with Gasteiger partial charge in [-0.05, 0) is 6.92 Å². The molecule has 0 fully saturated rings. The summed E-state index contributed by atoms with van der Waals surface area (Å²) >= 11 is 0. The Hall–Kier alpha value is -2.63. The number of hydrogen-bond donors (Lipinski definition) is 0. The summed E-state index contributed by atoms with van der Waals surface area (Å²) in [5, 5.41) is 0.135. The molecule has 1 aromatic carbocycles. The van der Waals surface area contributed by atoms with Crippen LogP contribution in [0.3, 0.4) is 0 Å². The summed E-state index contributed by atoms with van der Waals surface area (Å²) in [4.78, 5) is 34.2. The highest BCUT2D eigenvalue weighted by Crippen LogP contribution is 2.29. The van der Waals surface area contributed by atoms with Crippen molar-refractivity contribution in [3.8, 4) is 11.5 Å². The van der Waals surface area contributed by atoms with E-state index >= 15 is 0 Å². The first kappa shape index (κ1) is 13.8. The molecule has 0 aliphatic rings. The van der Waals surface area contributed by atoms with Crippen LogP contribution < -0.4 is 14.9 Å². The van der Waals surface area contributed by atoms with Crippen molar-refractivity contribution in [3.63, 3.8) is 0 Å². The quantitative estimate of drug-likeness (QED) is 0.616. The number of fused-ring (bicyclic) bond motifs is 1. The molecule has 6 nitrogen and oxygen atoms in total. The van der Waals surface area contributed by atoms with E-state index in [9.17, 15) is 14.4 Å². The Morgan fingerprint density at radius 3 is 2.35 bits per heavy atom. The summed E-state index contributed by atoms with van der Waals surface area (Å²) in [6.07, 6.45) is 1.29. The van der Waals surface area contributed by atoms with Gasteiger partial charge in [0.05, 0.1) is 6.26 Å². The van der Waals surface area contributed by atoms with E-state index in [0.29, 0.717) is 5.56 Å². The molecule has 0 unspecified atom stereocenters. The Kier molecular flexibility index (Phi) is 3.56. The predicted octanol–water partition coefficient (Wildman–Crippen LogP) is 1.95. The summed E-state index contributed by atoms with van der Waals surface area (Å²) in [6, 6.07) is 2.70. The van der Waals surface area contributed by atoms with Gasteiger partial charge in [0.25, 0.3) is 0 Å². The lowest BCUT2D eigenvalue weighted by atomic mass is 10.1. The number of esters is 2. The molecule has 20 heavy (non-hydrogen) atoms. The lowest BCUT2D eigenvalue weighted by Crippen LogP contribution is -2.10. The number of rotatable bonds is 2. The second-order valence-corrected chi connectivity index (χ2v) is 4.23. The van der Waals surface area contributed by atoms with Gasteiger partial charge in [0.1, 0.15) is 22.5 Å². The van der Waals surface area contributed by atoms with E-state index in [1.807, 2.05) is 0 Å². The molecule has 0 saturated heterocycles. The van der Waals surface area contributed by atoms with Crippen molar-refractivity contribution in [1.82, 2.24) is 0 Å². The van der Waals surface area contributed by atoms with E-state index < -0.39 is 11.9 Å². The first-order valence-electron chi connectivity index (χ1n) is 5.81. The zero-order valence-electron chi connectivity index (χ0n) is 11.2. The minimum atomic E-state index is -0.591. The van der Waals surface area contributed by atoms with Crippen molar-refractivity contribution in [2.75, 3.05) is 0 Å². The van der Waals surface area contributed by atoms with Gasteiger partial charge in [0.2, 0.25) is 0 Å². The Morgan fingerprint density at radius 1 is 1.10 bits per heavy atom. The van der Waals surface area contributed by atoms with Crippen LogP contribution in [0.15, 0.2) is 27.6 Å². The Labute approximate surface area is 113 Å². The molecule has 1 heterocycles. The van der Waals surface area contributed by atoms with E-state index in [0.717, 1.165) is 0 Å². The summed E-state index contributed by atoms with van der Waals surface area (Å²) in [5.41, 5.74) is 0.249. The smallest absolute Gasteiger partial charge is 0.308 e. The topological polar surface area (TPSA) is 82.8 Å². The molecule has 2 aromatic rings. The number of hydrogen-bond acceptors (Lipinski definition) is 6. The first-order valence-corrected chi connectivity index (χ1v) is 5.81. The van der Waals surface area contributed by atoms with Crippen LogP contribution >= 0.6 is 0 Å². The maximum atomic E-state index is 12.1. The van der Waals surface area contributed by atoms with Gasteiger partial charge in [-0.3, -0.25) is 14.4 Å². The third-order valence-corrected chi connectivity index (χ3v) is 2.50. The normalized spacial score (nSPS) is 10.3. The fourth-order valence-electron chi connectivity index (χ4n) is 1.75. The van der Waals surface area contributed by atoms with Crippen LogP contribution in [0, 0.1) is 6.92 Å². The molecular formula is C14H12O6. The second-order valence-electron chi connectivity index (χ2n) is 4.23. The van der Waals surface area contributed by atoms with Crippen molar-refractivity contribution in [3.05, 3.63) is 34.2 Å². The van der Waals surface area contributed by atoms with Crippen molar-refractivity contribution in [2.24, 2.45) is 0 Å². The second kappa shape index (κ2) is 5.16. The van der Waals surface area contributed by atoms with E-state index in [-0.39, 0.29) is 27.9 Å². The maximum Gasteiger partial charge on any atom is 0.308 e. The van der Waals surface area contributed by atoms with Gasteiger partial charge in [0.15, 0.2) is 5.43 Å². The fourth-order valence-corrected chi connectivity index (χ4v) is 1.75. The number of ether oxygens (including phenoxy) is 2. The molecule has 0 bridgehead atoms. The standard InChI is InChI=1S/C14H12O6/c1-7-6-18-11-4-10(19-8(2)15)5-12(20-9(3)16)13(11)14(7)17/h4-6H,1-3H3. The van der Waals surface area contributed by atoms with Gasteiger partial charge >= 0.3 is 11.9 Å². The van der Waals surface area contributed by atoms with Gasteiger partial charge in [0, 0.05) is 31.5 Å². The highest BCUT2D eigenvalue weighted by Gasteiger charge is 2.15. The van der Waals surface area contributed by atoms with Crippen molar-refractivity contribution in [1.29, 1.82) is 0 Å². The van der Waals surface area contributed by atoms with Gasteiger partial charge < -0.3 is 13.9 Å². The highest BCUT2D eigenvalue weighted by atomic mass is 16.5. The molecule has 0 radical (unpaired) electrons. The van der Waals surface area contributed by atoms with Crippen molar-refractivity contribution >= 4 is 22.9 Å². The first-order chi connectivity index (χ1) is 9.38. The molecule has 0 aliphatic carbocycles.